The SMILES string of the molecule is N#C/C(=C/c1c[nH]c2ccccc12)C(=O)Nc1cccc([N+](=O)[O-])c1. The fourth-order valence-electron chi connectivity index (χ4n) is 2.41. The molecule has 0 spiro atoms. The molecule has 0 bridgehead atoms. The lowest BCUT2D eigenvalue weighted by Crippen LogP contribution is -2.13. The van der Waals surface area contributed by atoms with E-state index in [2.05, 4.69) is 10.3 Å². The normalized spacial score (nSPS) is 11.1. The van der Waals surface area contributed by atoms with Crippen molar-refractivity contribution in [3.8, 4) is 6.07 Å². The van der Waals surface area contributed by atoms with Crippen LogP contribution in [0.25, 0.3) is 17.0 Å². The zero-order chi connectivity index (χ0) is 17.8. The van der Waals surface area contributed by atoms with Crippen LogP contribution in [0.4, 0.5) is 11.4 Å². The van der Waals surface area contributed by atoms with Gasteiger partial charge in [0, 0.05) is 40.5 Å². The molecule has 0 aliphatic rings. The number of hydrogen-bond donors (Lipinski definition) is 2. The maximum absolute atomic E-state index is 12.3. The number of nitrogens with zero attached hydrogens (tertiary/aromatic N) is 2. The maximum atomic E-state index is 12.3. The Morgan fingerprint density at radius 1 is 1.24 bits per heavy atom. The average molecular weight is 332 g/mol. The van der Waals surface area contributed by atoms with E-state index < -0.39 is 10.8 Å². The number of para-hydroxylation sites is 1. The van der Waals surface area contributed by atoms with E-state index >= 15 is 0 Å². The minimum atomic E-state index is -0.631. The van der Waals surface area contributed by atoms with Crippen molar-refractivity contribution in [3.63, 3.8) is 0 Å². The summed E-state index contributed by atoms with van der Waals surface area (Å²) in [6.07, 6.45) is 3.19. The van der Waals surface area contributed by atoms with Gasteiger partial charge in [-0.15, -0.1) is 0 Å². The Morgan fingerprint density at radius 2 is 2.04 bits per heavy atom. The average Bonchev–Trinajstić information content (AvgIpc) is 3.02. The molecule has 0 fully saturated rings. The first-order valence-corrected chi connectivity index (χ1v) is 7.32. The van der Waals surface area contributed by atoms with E-state index in [0.29, 0.717) is 5.56 Å². The number of nitrogens with one attached hydrogen (secondary N) is 2. The predicted octanol–water partition coefficient (Wildman–Crippen LogP) is 3.62. The number of hydrogen-bond acceptors (Lipinski definition) is 4. The molecule has 7 nitrogen and oxygen atoms in total. The molecule has 25 heavy (non-hydrogen) atoms. The first-order valence-electron chi connectivity index (χ1n) is 7.32. The fourth-order valence-corrected chi connectivity index (χ4v) is 2.41. The van der Waals surface area contributed by atoms with Crippen LogP contribution in [0.2, 0.25) is 0 Å². The van der Waals surface area contributed by atoms with Gasteiger partial charge in [-0.2, -0.15) is 5.26 Å². The number of nitro groups is 1. The number of nitro benzene ring substituents is 1. The Kier molecular flexibility index (Phi) is 4.26. The van der Waals surface area contributed by atoms with E-state index in [-0.39, 0.29) is 16.9 Å². The Hall–Kier alpha value is -3.92. The van der Waals surface area contributed by atoms with Crippen molar-refractivity contribution in [1.29, 1.82) is 5.26 Å². The fraction of sp³-hybridized carbons (Fsp3) is 0. The van der Waals surface area contributed by atoms with Gasteiger partial charge in [-0.3, -0.25) is 14.9 Å². The van der Waals surface area contributed by atoms with Gasteiger partial charge in [0.2, 0.25) is 0 Å². The minimum absolute atomic E-state index is 0.101. The minimum Gasteiger partial charge on any atom is -0.361 e. The summed E-state index contributed by atoms with van der Waals surface area (Å²) in [5, 5.41) is 23.5. The molecule has 3 rings (SSSR count). The van der Waals surface area contributed by atoms with Crippen molar-refractivity contribution in [2.24, 2.45) is 0 Å². The molecule has 0 saturated carbocycles. The summed E-state index contributed by atoms with van der Waals surface area (Å²) in [4.78, 5) is 25.6. The van der Waals surface area contributed by atoms with Gasteiger partial charge in [0.15, 0.2) is 0 Å². The van der Waals surface area contributed by atoms with Crippen LogP contribution in [0.3, 0.4) is 0 Å². The third-order valence-electron chi connectivity index (χ3n) is 3.60. The molecule has 1 aromatic heterocycles. The van der Waals surface area contributed by atoms with Crippen molar-refractivity contribution >= 4 is 34.3 Å². The number of carbonyl (C=O) groups is 1. The molecule has 1 heterocycles. The van der Waals surface area contributed by atoms with Crippen LogP contribution in [0.15, 0.2) is 60.3 Å². The van der Waals surface area contributed by atoms with Crippen molar-refractivity contribution in [1.82, 2.24) is 4.98 Å². The van der Waals surface area contributed by atoms with Gasteiger partial charge in [0.25, 0.3) is 11.6 Å². The Labute approximate surface area is 142 Å². The van der Waals surface area contributed by atoms with Gasteiger partial charge in [-0.25, -0.2) is 0 Å². The topological polar surface area (TPSA) is 112 Å². The van der Waals surface area contributed by atoms with Crippen LogP contribution >= 0.6 is 0 Å². The van der Waals surface area contributed by atoms with Crippen molar-refractivity contribution < 1.29 is 9.72 Å². The molecule has 0 saturated heterocycles. The number of benzene rings is 2. The zero-order valence-corrected chi connectivity index (χ0v) is 12.9. The summed E-state index contributed by atoms with van der Waals surface area (Å²) in [5.74, 6) is -0.631. The van der Waals surface area contributed by atoms with Gasteiger partial charge in [0.1, 0.15) is 11.6 Å². The maximum Gasteiger partial charge on any atom is 0.271 e. The summed E-state index contributed by atoms with van der Waals surface area (Å²) < 4.78 is 0. The molecule has 0 radical (unpaired) electrons. The summed E-state index contributed by atoms with van der Waals surface area (Å²) in [7, 11) is 0. The summed E-state index contributed by atoms with van der Waals surface area (Å²) in [5.41, 5.74) is 1.61. The van der Waals surface area contributed by atoms with Crippen LogP contribution in [0.5, 0.6) is 0 Å². The highest BCUT2D eigenvalue weighted by Crippen LogP contribution is 2.21. The summed E-state index contributed by atoms with van der Waals surface area (Å²) in [6.45, 7) is 0. The van der Waals surface area contributed by atoms with Gasteiger partial charge in [-0.05, 0) is 18.2 Å². The molecule has 7 heteroatoms. The van der Waals surface area contributed by atoms with E-state index in [1.807, 2.05) is 30.3 Å². The van der Waals surface area contributed by atoms with Gasteiger partial charge in [0.05, 0.1) is 4.92 Å². The number of aromatic amines is 1. The Bertz CT molecular complexity index is 1040. The quantitative estimate of drug-likeness (QED) is 0.329. The molecule has 0 aliphatic carbocycles. The number of amides is 1. The smallest absolute Gasteiger partial charge is 0.271 e. The Morgan fingerprint density at radius 3 is 2.80 bits per heavy atom. The second kappa shape index (κ2) is 6.68. The second-order valence-electron chi connectivity index (χ2n) is 5.22. The number of non-ortho nitro benzene ring substituents is 1. The van der Waals surface area contributed by atoms with Crippen LogP contribution in [-0.2, 0) is 4.79 Å². The molecule has 0 atom stereocenters. The molecule has 2 aromatic carbocycles. The number of fused-ring (bicyclic) bond motifs is 1. The third-order valence-corrected chi connectivity index (χ3v) is 3.60. The molecule has 2 N–H and O–H groups in total. The molecule has 122 valence electrons. The van der Waals surface area contributed by atoms with Crippen LogP contribution in [-0.4, -0.2) is 15.8 Å². The van der Waals surface area contributed by atoms with Crippen molar-refractivity contribution in [3.05, 3.63) is 76.0 Å². The number of aromatic nitrogens is 1. The molecule has 3 aromatic rings. The molecular weight excluding hydrogens is 320 g/mol. The predicted molar refractivity (Wildman–Crippen MR) is 93.6 cm³/mol. The summed E-state index contributed by atoms with van der Waals surface area (Å²) >= 11 is 0. The lowest BCUT2D eigenvalue weighted by Gasteiger charge is -2.04. The summed E-state index contributed by atoms with van der Waals surface area (Å²) in [6, 6.07) is 14.9. The molecule has 0 aliphatic heterocycles. The van der Waals surface area contributed by atoms with Crippen molar-refractivity contribution in [2.45, 2.75) is 0 Å². The van der Waals surface area contributed by atoms with Gasteiger partial charge >= 0.3 is 0 Å². The van der Waals surface area contributed by atoms with Crippen LogP contribution in [0, 0.1) is 21.4 Å². The van der Waals surface area contributed by atoms with E-state index in [4.69, 9.17) is 0 Å². The zero-order valence-electron chi connectivity index (χ0n) is 12.9. The standard InChI is InChI=1S/C18H12N4O3/c19-10-12(8-13-11-20-17-7-2-1-6-16(13)17)18(23)21-14-4-3-5-15(9-14)22(24)25/h1-9,11,20H,(H,21,23)/b12-8-. The van der Waals surface area contributed by atoms with E-state index in [1.54, 1.807) is 6.20 Å². The number of nitriles is 1. The van der Waals surface area contributed by atoms with Crippen LogP contribution in [0.1, 0.15) is 5.56 Å². The monoisotopic (exact) mass is 332 g/mol. The van der Waals surface area contributed by atoms with Crippen LogP contribution < -0.4 is 5.32 Å². The molecule has 0 unspecified atom stereocenters. The number of carbonyl (C=O) groups excluding carboxylic acids is 1. The van der Waals surface area contributed by atoms with E-state index in [1.165, 1.54) is 30.3 Å². The second-order valence-corrected chi connectivity index (χ2v) is 5.22. The van der Waals surface area contributed by atoms with Gasteiger partial charge < -0.3 is 10.3 Å². The van der Waals surface area contributed by atoms with Crippen molar-refractivity contribution in [2.75, 3.05) is 5.32 Å². The molecular formula is C18H12N4O3. The lowest BCUT2D eigenvalue weighted by molar-refractivity contribution is -0.384. The third kappa shape index (κ3) is 3.38. The number of rotatable bonds is 4. The van der Waals surface area contributed by atoms with Gasteiger partial charge in [-0.1, -0.05) is 24.3 Å². The van der Waals surface area contributed by atoms with E-state index in [9.17, 15) is 20.2 Å². The Balaban J connectivity index is 1.88. The molecule has 1 amide bonds. The highest BCUT2D eigenvalue weighted by atomic mass is 16.6. The first kappa shape index (κ1) is 16.0. The highest BCUT2D eigenvalue weighted by molar-refractivity contribution is 6.10. The number of anilines is 1. The van der Waals surface area contributed by atoms with E-state index in [0.717, 1.165) is 10.9 Å². The highest BCUT2D eigenvalue weighted by Gasteiger charge is 2.13. The first-order chi connectivity index (χ1) is 12.1. The number of H-pyrrole nitrogens is 1. The lowest BCUT2D eigenvalue weighted by atomic mass is 10.1. The largest absolute Gasteiger partial charge is 0.361 e.